The monoisotopic (exact) mass is 386 g/mol. The smallest absolute Gasteiger partial charge is 0.173 e. The topological polar surface area (TPSA) is 53.8 Å². The van der Waals surface area contributed by atoms with Gasteiger partial charge in [-0.15, -0.1) is 0 Å². The van der Waals surface area contributed by atoms with Gasteiger partial charge in [0.25, 0.3) is 0 Å². The van der Waals surface area contributed by atoms with E-state index in [-0.39, 0.29) is 5.78 Å². The number of aryl methyl sites for hydroxylation is 2. The molecule has 1 aliphatic rings. The molecule has 0 unspecified atom stereocenters. The number of carbonyl (C=O) groups excluding carboxylic acids is 1. The zero-order valence-corrected chi connectivity index (χ0v) is 14.9. The second-order valence-corrected chi connectivity index (χ2v) is 7.36. The summed E-state index contributed by atoms with van der Waals surface area (Å²) >= 11 is 4.72. The summed E-state index contributed by atoms with van der Waals surface area (Å²) in [4.78, 5) is 16.9. The number of benzene rings is 1. The molecule has 1 aromatic carbocycles. The van der Waals surface area contributed by atoms with Crippen LogP contribution in [0.2, 0.25) is 0 Å². The second kappa shape index (κ2) is 7.29. The van der Waals surface area contributed by atoms with Crippen LogP contribution in [0.15, 0.2) is 39.8 Å². The molecule has 0 spiro atoms. The molecule has 1 aromatic heterocycles. The van der Waals surface area contributed by atoms with Crippen molar-refractivity contribution in [2.24, 2.45) is 0 Å². The van der Waals surface area contributed by atoms with Crippen LogP contribution in [0.25, 0.3) is 0 Å². The molecule has 0 fully saturated rings. The van der Waals surface area contributed by atoms with Crippen molar-refractivity contribution in [1.29, 1.82) is 5.26 Å². The number of thioether (sulfide) groups is 1. The van der Waals surface area contributed by atoms with Crippen LogP contribution in [0.5, 0.6) is 0 Å². The first-order chi connectivity index (χ1) is 11.2. The van der Waals surface area contributed by atoms with E-state index in [0.29, 0.717) is 21.9 Å². The number of carbonyl (C=O) groups is 1. The van der Waals surface area contributed by atoms with Crippen molar-refractivity contribution in [1.82, 2.24) is 4.98 Å². The van der Waals surface area contributed by atoms with Crippen LogP contribution >= 0.6 is 27.7 Å². The van der Waals surface area contributed by atoms with Gasteiger partial charge < -0.3 is 0 Å². The lowest BCUT2D eigenvalue weighted by Crippen LogP contribution is -2.08. The standard InChI is InChI=1S/C18H15BrN2OS/c19-15-7-5-12(6-8-15)17(22)11-23-18-14(10-20)9-13-3-1-2-4-16(13)21-18/h5-9H,1-4,11H2. The van der Waals surface area contributed by atoms with Crippen LogP contribution in [0.3, 0.4) is 0 Å². The van der Waals surface area contributed by atoms with E-state index >= 15 is 0 Å². The summed E-state index contributed by atoms with van der Waals surface area (Å²) in [5.41, 5.74) is 3.54. The number of hydrogen-bond acceptors (Lipinski definition) is 4. The molecule has 3 nitrogen and oxygen atoms in total. The maximum absolute atomic E-state index is 12.3. The molecule has 116 valence electrons. The number of nitriles is 1. The highest BCUT2D eigenvalue weighted by Crippen LogP contribution is 2.27. The minimum atomic E-state index is 0.0471. The molecule has 23 heavy (non-hydrogen) atoms. The predicted octanol–water partition coefficient (Wildman–Crippen LogP) is 4.57. The number of Topliss-reactive ketones (excluding diaryl/α,β-unsaturated/α-hetero) is 1. The van der Waals surface area contributed by atoms with Crippen LogP contribution in [-0.4, -0.2) is 16.5 Å². The molecular formula is C18H15BrN2OS. The summed E-state index contributed by atoms with van der Waals surface area (Å²) in [6.45, 7) is 0. The first kappa shape index (κ1) is 16.2. The Labute approximate surface area is 148 Å². The van der Waals surface area contributed by atoms with E-state index in [0.717, 1.165) is 35.8 Å². The number of pyridine rings is 1. The molecule has 0 atom stereocenters. The second-order valence-electron chi connectivity index (χ2n) is 5.48. The van der Waals surface area contributed by atoms with Crippen molar-refractivity contribution in [2.45, 2.75) is 30.7 Å². The zero-order chi connectivity index (χ0) is 16.2. The van der Waals surface area contributed by atoms with Crippen molar-refractivity contribution < 1.29 is 4.79 Å². The van der Waals surface area contributed by atoms with E-state index < -0.39 is 0 Å². The summed E-state index contributed by atoms with van der Waals surface area (Å²) in [6.07, 6.45) is 4.27. The summed E-state index contributed by atoms with van der Waals surface area (Å²) in [7, 11) is 0. The fraction of sp³-hybridized carbons (Fsp3) is 0.278. The number of hydrogen-bond donors (Lipinski definition) is 0. The van der Waals surface area contributed by atoms with Gasteiger partial charge in [-0.05, 0) is 49.4 Å². The molecule has 2 aromatic rings. The quantitative estimate of drug-likeness (QED) is 0.570. The van der Waals surface area contributed by atoms with Gasteiger partial charge in [-0.3, -0.25) is 4.79 Å². The lowest BCUT2D eigenvalue weighted by molar-refractivity contribution is 0.102. The molecule has 0 bridgehead atoms. The van der Waals surface area contributed by atoms with Crippen molar-refractivity contribution in [3.63, 3.8) is 0 Å². The molecule has 0 saturated heterocycles. The van der Waals surface area contributed by atoms with Crippen LogP contribution in [-0.2, 0) is 12.8 Å². The van der Waals surface area contributed by atoms with Crippen LogP contribution in [0.4, 0.5) is 0 Å². The first-order valence-corrected chi connectivity index (χ1v) is 9.29. The number of aromatic nitrogens is 1. The van der Waals surface area contributed by atoms with Gasteiger partial charge in [-0.1, -0.05) is 39.8 Å². The number of fused-ring (bicyclic) bond motifs is 1. The summed E-state index contributed by atoms with van der Waals surface area (Å²) in [5, 5.41) is 10.0. The predicted molar refractivity (Wildman–Crippen MR) is 94.8 cm³/mol. The highest BCUT2D eigenvalue weighted by Gasteiger charge is 2.16. The van der Waals surface area contributed by atoms with E-state index in [1.54, 1.807) is 12.1 Å². The number of rotatable bonds is 4. The zero-order valence-electron chi connectivity index (χ0n) is 12.5. The van der Waals surface area contributed by atoms with E-state index in [4.69, 9.17) is 0 Å². The fourth-order valence-corrected chi connectivity index (χ4v) is 3.79. The summed E-state index contributed by atoms with van der Waals surface area (Å²) in [6, 6.07) is 11.5. The third-order valence-corrected chi connectivity index (χ3v) is 5.41. The van der Waals surface area contributed by atoms with E-state index in [2.05, 4.69) is 27.0 Å². The number of ketones is 1. The van der Waals surface area contributed by atoms with Crippen LogP contribution < -0.4 is 0 Å². The lowest BCUT2D eigenvalue weighted by atomic mass is 9.95. The normalized spacial score (nSPS) is 13.2. The van der Waals surface area contributed by atoms with Crippen molar-refractivity contribution >= 4 is 33.5 Å². The SMILES string of the molecule is N#Cc1cc2c(nc1SCC(=O)c1ccc(Br)cc1)CCCC2. The molecule has 0 amide bonds. The molecule has 0 radical (unpaired) electrons. The van der Waals surface area contributed by atoms with Crippen LogP contribution in [0, 0.1) is 11.3 Å². The number of halogens is 1. The molecular weight excluding hydrogens is 372 g/mol. The highest BCUT2D eigenvalue weighted by atomic mass is 79.9. The van der Waals surface area contributed by atoms with Crippen molar-refractivity contribution in [3.05, 3.63) is 57.2 Å². The van der Waals surface area contributed by atoms with Gasteiger partial charge in [-0.2, -0.15) is 5.26 Å². The largest absolute Gasteiger partial charge is 0.293 e. The van der Waals surface area contributed by atoms with Crippen molar-refractivity contribution in [2.75, 3.05) is 5.75 Å². The van der Waals surface area contributed by atoms with Gasteiger partial charge in [0.05, 0.1) is 11.3 Å². The van der Waals surface area contributed by atoms with Gasteiger partial charge >= 0.3 is 0 Å². The minimum Gasteiger partial charge on any atom is -0.293 e. The van der Waals surface area contributed by atoms with E-state index in [1.807, 2.05) is 18.2 Å². The molecule has 1 aliphatic carbocycles. The van der Waals surface area contributed by atoms with Gasteiger partial charge in [0.2, 0.25) is 0 Å². The fourth-order valence-electron chi connectivity index (χ4n) is 2.66. The Morgan fingerprint density at radius 2 is 2.00 bits per heavy atom. The molecule has 3 rings (SSSR count). The van der Waals surface area contributed by atoms with Gasteiger partial charge in [0.15, 0.2) is 5.78 Å². The maximum atomic E-state index is 12.3. The third kappa shape index (κ3) is 3.82. The Hall–Kier alpha value is -1.64. The Kier molecular flexibility index (Phi) is 5.14. The van der Waals surface area contributed by atoms with Crippen molar-refractivity contribution in [3.8, 4) is 6.07 Å². The number of nitrogens with zero attached hydrogens (tertiary/aromatic N) is 2. The highest BCUT2D eigenvalue weighted by molar-refractivity contribution is 9.10. The molecule has 1 heterocycles. The van der Waals surface area contributed by atoms with Gasteiger partial charge in [0, 0.05) is 15.7 Å². The maximum Gasteiger partial charge on any atom is 0.173 e. The van der Waals surface area contributed by atoms with E-state index in [9.17, 15) is 10.1 Å². The average Bonchev–Trinajstić information content (AvgIpc) is 2.59. The van der Waals surface area contributed by atoms with E-state index in [1.165, 1.54) is 17.3 Å². The third-order valence-electron chi connectivity index (χ3n) is 3.89. The molecule has 5 heteroatoms. The summed E-state index contributed by atoms with van der Waals surface area (Å²) < 4.78 is 0.949. The first-order valence-electron chi connectivity index (χ1n) is 7.52. The molecule has 0 aliphatic heterocycles. The Balaban J connectivity index is 1.76. The Morgan fingerprint density at radius 1 is 1.26 bits per heavy atom. The van der Waals surface area contributed by atoms with Crippen LogP contribution in [0.1, 0.15) is 40.0 Å². The van der Waals surface area contributed by atoms with Gasteiger partial charge in [-0.25, -0.2) is 4.98 Å². The average molecular weight is 387 g/mol. The summed E-state index contributed by atoms with van der Waals surface area (Å²) in [5.74, 6) is 0.341. The van der Waals surface area contributed by atoms with Gasteiger partial charge in [0.1, 0.15) is 11.1 Å². The minimum absolute atomic E-state index is 0.0471. The Bertz CT molecular complexity index is 781. The lowest BCUT2D eigenvalue weighted by Gasteiger charge is -2.16. The molecule has 0 saturated carbocycles. The Morgan fingerprint density at radius 3 is 2.74 bits per heavy atom. The molecule has 0 N–H and O–H groups in total.